The van der Waals surface area contributed by atoms with Crippen LogP contribution in [0, 0.1) is 5.41 Å². The molecule has 0 spiro atoms. The Hall–Kier alpha value is -0.0400. The van der Waals surface area contributed by atoms with Gasteiger partial charge in [0.05, 0.1) is 12.2 Å². The Labute approximate surface area is 83.9 Å². The fourth-order valence-electron chi connectivity index (χ4n) is 1.43. The second kappa shape index (κ2) is 4.99. The number of hydrogen-bond donors (Lipinski definition) is 0. The van der Waals surface area contributed by atoms with Crippen molar-refractivity contribution in [3.8, 4) is 0 Å². The summed E-state index contributed by atoms with van der Waals surface area (Å²) in [6.07, 6.45) is 3.66. The summed E-state index contributed by atoms with van der Waals surface area (Å²) >= 11 is 0. The lowest BCUT2D eigenvalue weighted by Crippen LogP contribution is -2.31. The molecule has 0 aliphatic rings. The largest absolute Gasteiger partial charge is 0.375 e. The predicted octanol–water partition coefficient (Wildman–Crippen LogP) is 4.02. The normalized spacial score (nSPS) is 13.4. The maximum atomic E-state index is 5.87. The van der Waals surface area contributed by atoms with Crippen molar-refractivity contribution in [1.29, 1.82) is 0 Å². The van der Waals surface area contributed by atoms with E-state index in [0.29, 0.717) is 5.41 Å². The lowest BCUT2D eigenvalue weighted by Gasteiger charge is -2.33. The molecule has 0 saturated carbocycles. The molecule has 0 aromatic carbocycles. The standard InChI is InChI=1S/C12H26O/c1-7-12(8-2,9-3)10-13-11(4,5)6/h7-10H2,1-6H3. The second-order valence-electron chi connectivity index (χ2n) is 4.96. The summed E-state index contributed by atoms with van der Waals surface area (Å²) in [6.45, 7) is 14.1. The van der Waals surface area contributed by atoms with Crippen molar-refractivity contribution >= 4 is 0 Å². The van der Waals surface area contributed by atoms with E-state index in [-0.39, 0.29) is 5.60 Å². The Kier molecular flexibility index (Phi) is 4.98. The third kappa shape index (κ3) is 4.66. The van der Waals surface area contributed by atoms with Gasteiger partial charge < -0.3 is 4.74 Å². The molecule has 0 N–H and O–H groups in total. The highest BCUT2D eigenvalue weighted by Crippen LogP contribution is 2.31. The molecule has 0 rings (SSSR count). The first-order valence-electron chi connectivity index (χ1n) is 5.53. The summed E-state index contributed by atoms with van der Waals surface area (Å²) in [6, 6.07) is 0. The third-order valence-corrected chi connectivity index (χ3v) is 3.06. The molecule has 0 heterocycles. The Balaban J connectivity index is 4.11. The zero-order chi connectivity index (χ0) is 10.5. The van der Waals surface area contributed by atoms with Crippen molar-refractivity contribution in [2.24, 2.45) is 5.41 Å². The highest BCUT2D eigenvalue weighted by atomic mass is 16.5. The Bertz CT molecular complexity index is 120. The average molecular weight is 186 g/mol. The van der Waals surface area contributed by atoms with Crippen LogP contribution in [0.25, 0.3) is 0 Å². The molecule has 0 aliphatic heterocycles. The predicted molar refractivity (Wildman–Crippen MR) is 59.0 cm³/mol. The van der Waals surface area contributed by atoms with Crippen LogP contribution < -0.4 is 0 Å². The van der Waals surface area contributed by atoms with Crippen molar-refractivity contribution in [2.45, 2.75) is 66.4 Å². The Morgan fingerprint density at radius 3 is 1.46 bits per heavy atom. The first-order chi connectivity index (χ1) is 5.89. The molecule has 80 valence electrons. The van der Waals surface area contributed by atoms with E-state index in [0.717, 1.165) is 6.61 Å². The SMILES string of the molecule is CCC(CC)(CC)COC(C)(C)C. The van der Waals surface area contributed by atoms with Gasteiger partial charge in [0.2, 0.25) is 0 Å². The summed E-state index contributed by atoms with van der Waals surface area (Å²) < 4.78 is 5.87. The molecular formula is C12H26O. The van der Waals surface area contributed by atoms with E-state index in [1.165, 1.54) is 19.3 Å². The van der Waals surface area contributed by atoms with Crippen LogP contribution in [-0.2, 0) is 4.74 Å². The fourth-order valence-corrected chi connectivity index (χ4v) is 1.43. The van der Waals surface area contributed by atoms with E-state index >= 15 is 0 Å². The minimum absolute atomic E-state index is 0.00472. The summed E-state index contributed by atoms with van der Waals surface area (Å²) in [5.74, 6) is 0. The minimum atomic E-state index is 0.00472. The van der Waals surface area contributed by atoms with Crippen LogP contribution in [0.4, 0.5) is 0 Å². The Morgan fingerprint density at radius 2 is 1.23 bits per heavy atom. The smallest absolute Gasteiger partial charge is 0.0598 e. The van der Waals surface area contributed by atoms with Gasteiger partial charge in [-0.15, -0.1) is 0 Å². The zero-order valence-corrected chi connectivity index (χ0v) is 10.2. The summed E-state index contributed by atoms with van der Waals surface area (Å²) in [4.78, 5) is 0. The van der Waals surface area contributed by atoms with Crippen molar-refractivity contribution < 1.29 is 4.74 Å². The summed E-state index contributed by atoms with van der Waals surface area (Å²) in [5, 5.41) is 0. The molecule has 0 aromatic heterocycles. The van der Waals surface area contributed by atoms with Crippen molar-refractivity contribution in [2.75, 3.05) is 6.61 Å². The lowest BCUT2D eigenvalue weighted by molar-refractivity contribution is -0.0564. The van der Waals surface area contributed by atoms with Crippen LogP contribution in [0.1, 0.15) is 60.8 Å². The van der Waals surface area contributed by atoms with Crippen molar-refractivity contribution in [3.63, 3.8) is 0 Å². The van der Waals surface area contributed by atoms with E-state index in [2.05, 4.69) is 41.5 Å². The van der Waals surface area contributed by atoms with Gasteiger partial charge in [-0.25, -0.2) is 0 Å². The lowest BCUT2D eigenvalue weighted by atomic mass is 9.80. The van der Waals surface area contributed by atoms with Crippen molar-refractivity contribution in [1.82, 2.24) is 0 Å². The van der Waals surface area contributed by atoms with Gasteiger partial charge in [0.1, 0.15) is 0 Å². The maximum absolute atomic E-state index is 5.87. The fraction of sp³-hybridized carbons (Fsp3) is 1.00. The first kappa shape index (κ1) is 13.0. The maximum Gasteiger partial charge on any atom is 0.0598 e. The van der Waals surface area contributed by atoms with Crippen LogP contribution in [0.3, 0.4) is 0 Å². The molecule has 0 radical (unpaired) electrons. The van der Waals surface area contributed by atoms with Gasteiger partial charge in [0.15, 0.2) is 0 Å². The van der Waals surface area contributed by atoms with Gasteiger partial charge in [-0.05, 0) is 45.4 Å². The van der Waals surface area contributed by atoms with Gasteiger partial charge in [-0.2, -0.15) is 0 Å². The van der Waals surface area contributed by atoms with E-state index < -0.39 is 0 Å². The van der Waals surface area contributed by atoms with Crippen LogP contribution in [0.2, 0.25) is 0 Å². The highest BCUT2D eigenvalue weighted by Gasteiger charge is 2.26. The summed E-state index contributed by atoms with van der Waals surface area (Å²) in [7, 11) is 0. The molecule has 0 aliphatic carbocycles. The molecule has 0 aromatic rings. The van der Waals surface area contributed by atoms with Gasteiger partial charge in [-0.1, -0.05) is 20.8 Å². The van der Waals surface area contributed by atoms with E-state index in [4.69, 9.17) is 4.74 Å². The van der Waals surface area contributed by atoms with Gasteiger partial charge >= 0.3 is 0 Å². The Morgan fingerprint density at radius 1 is 0.846 bits per heavy atom. The monoisotopic (exact) mass is 186 g/mol. The molecule has 1 heteroatoms. The van der Waals surface area contributed by atoms with Crippen LogP contribution in [0.5, 0.6) is 0 Å². The van der Waals surface area contributed by atoms with Crippen LogP contribution in [0.15, 0.2) is 0 Å². The average Bonchev–Trinajstić information content (AvgIpc) is 2.06. The second-order valence-corrected chi connectivity index (χ2v) is 4.96. The molecule has 0 saturated heterocycles. The molecule has 0 amide bonds. The topological polar surface area (TPSA) is 9.23 Å². The van der Waals surface area contributed by atoms with Crippen molar-refractivity contribution in [3.05, 3.63) is 0 Å². The van der Waals surface area contributed by atoms with Gasteiger partial charge in [-0.3, -0.25) is 0 Å². The molecule has 0 atom stereocenters. The minimum Gasteiger partial charge on any atom is -0.375 e. The summed E-state index contributed by atoms with van der Waals surface area (Å²) in [5.41, 5.74) is 0.415. The van der Waals surface area contributed by atoms with Crippen LogP contribution >= 0.6 is 0 Å². The molecule has 0 bridgehead atoms. The molecule has 13 heavy (non-hydrogen) atoms. The number of rotatable bonds is 5. The van der Waals surface area contributed by atoms with Gasteiger partial charge in [0.25, 0.3) is 0 Å². The van der Waals surface area contributed by atoms with E-state index in [1.54, 1.807) is 0 Å². The highest BCUT2D eigenvalue weighted by molar-refractivity contribution is 4.76. The molecule has 0 fully saturated rings. The molecule has 0 unspecified atom stereocenters. The molecule has 1 nitrogen and oxygen atoms in total. The number of ether oxygens (including phenoxy) is 1. The van der Waals surface area contributed by atoms with Gasteiger partial charge in [0, 0.05) is 0 Å². The number of hydrogen-bond acceptors (Lipinski definition) is 1. The molecular weight excluding hydrogens is 160 g/mol. The van der Waals surface area contributed by atoms with E-state index in [9.17, 15) is 0 Å². The zero-order valence-electron chi connectivity index (χ0n) is 10.2. The van der Waals surface area contributed by atoms with Crippen LogP contribution in [-0.4, -0.2) is 12.2 Å². The third-order valence-electron chi connectivity index (χ3n) is 3.06. The first-order valence-corrected chi connectivity index (χ1v) is 5.53. The van der Waals surface area contributed by atoms with E-state index in [1.807, 2.05) is 0 Å². The quantitative estimate of drug-likeness (QED) is 0.630.